The molecule has 2 N–H and O–H groups in total. The predicted molar refractivity (Wildman–Crippen MR) is 105 cm³/mol. The van der Waals surface area contributed by atoms with Crippen molar-refractivity contribution in [1.82, 2.24) is 20.2 Å². The number of H-pyrrole nitrogens is 1. The molecule has 140 valence electrons. The van der Waals surface area contributed by atoms with Gasteiger partial charge in [-0.1, -0.05) is 12.1 Å². The summed E-state index contributed by atoms with van der Waals surface area (Å²) in [4.78, 5) is 22.4. The minimum atomic E-state index is -0.0655. The van der Waals surface area contributed by atoms with Crippen LogP contribution >= 0.6 is 0 Å². The van der Waals surface area contributed by atoms with E-state index in [9.17, 15) is 4.79 Å². The zero-order chi connectivity index (χ0) is 18.6. The molecule has 1 saturated heterocycles. The molecule has 0 spiro atoms. The van der Waals surface area contributed by atoms with E-state index in [0.717, 1.165) is 29.9 Å². The summed E-state index contributed by atoms with van der Waals surface area (Å²) in [7, 11) is 1.67. The van der Waals surface area contributed by atoms with Crippen LogP contribution in [0.25, 0.3) is 11.0 Å². The third kappa shape index (κ3) is 3.80. The van der Waals surface area contributed by atoms with Gasteiger partial charge in [-0.15, -0.1) is 0 Å². The number of nitrogens with one attached hydrogen (secondary N) is 2. The van der Waals surface area contributed by atoms with Gasteiger partial charge in [0.1, 0.15) is 5.75 Å². The van der Waals surface area contributed by atoms with Crippen molar-refractivity contribution in [2.75, 3.05) is 26.7 Å². The zero-order valence-corrected chi connectivity index (χ0v) is 15.4. The molecule has 0 radical (unpaired) electrons. The number of rotatable bonds is 6. The van der Waals surface area contributed by atoms with E-state index in [1.807, 2.05) is 30.3 Å². The van der Waals surface area contributed by atoms with E-state index in [-0.39, 0.29) is 11.9 Å². The highest BCUT2D eigenvalue weighted by molar-refractivity contribution is 5.97. The summed E-state index contributed by atoms with van der Waals surface area (Å²) < 4.78 is 5.27. The maximum atomic E-state index is 12.7. The van der Waals surface area contributed by atoms with Crippen LogP contribution in [-0.2, 0) is 0 Å². The average molecular weight is 364 g/mol. The molecule has 2 aromatic carbocycles. The molecule has 1 aliphatic heterocycles. The number of hydrogen-bond acceptors (Lipinski definition) is 4. The van der Waals surface area contributed by atoms with Crippen molar-refractivity contribution in [2.24, 2.45) is 0 Å². The molecule has 0 unspecified atom stereocenters. The number of ether oxygens (including phenoxy) is 1. The van der Waals surface area contributed by atoms with Crippen LogP contribution in [0, 0.1) is 0 Å². The summed E-state index contributed by atoms with van der Waals surface area (Å²) in [6.45, 7) is 2.70. The van der Waals surface area contributed by atoms with Gasteiger partial charge in [0.2, 0.25) is 0 Å². The third-order valence-electron chi connectivity index (χ3n) is 5.22. The van der Waals surface area contributed by atoms with Gasteiger partial charge in [-0.05, 0) is 61.8 Å². The molecule has 1 aliphatic rings. The van der Waals surface area contributed by atoms with Gasteiger partial charge in [-0.2, -0.15) is 0 Å². The fraction of sp³-hybridized carbons (Fsp3) is 0.333. The fourth-order valence-corrected chi connectivity index (χ4v) is 3.71. The topological polar surface area (TPSA) is 70.2 Å². The van der Waals surface area contributed by atoms with Crippen molar-refractivity contribution in [1.29, 1.82) is 0 Å². The Balaban J connectivity index is 1.49. The third-order valence-corrected chi connectivity index (χ3v) is 5.22. The van der Waals surface area contributed by atoms with E-state index < -0.39 is 0 Å². The van der Waals surface area contributed by atoms with Crippen LogP contribution in [0.15, 0.2) is 48.8 Å². The molecule has 4 rings (SSSR count). The van der Waals surface area contributed by atoms with Gasteiger partial charge in [-0.3, -0.25) is 9.69 Å². The Morgan fingerprint density at radius 3 is 2.74 bits per heavy atom. The monoisotopic (exact) mass is 364 g/mol. The fourth-order valence-electron chi connectivity index (χ4n) is 3.71. The number of nitrogens with zero attached hydrogens (tertiary/aromatic N) is 2. The summed E-state index contributed by atoms with van der Waals surface area (Å²) >= 11 is 0. The summed E-state index contributed by atoms with van der Waals surface area (Å²) in [5.74, 6) is 0.778. The van der Waals surface area contributed by atoms with Gasteiger partial charge in [0, 0.05) is 12.1 Å². The Bertz CT molecular complexity index is 913. The number of imidazole rings is 1. The number of aromatic amines is 1. The van der Waals surface area contributed by atoms with Crippen molar-refractivity contribution >= 4 is 16.9 Å². The normalized spacial score (nSPS) is 15.7. The molecule has 0 saturated carbocycles. The Kier molecular flexibility index (Phi) is 5.07. The molecular formula is C21H24N4O2. The highest BCUT2D eigenvalue weighted by Crippen LogP contribution is 2.26. The SMILES string of the molecule is COc1ccc([C@@H](CNC(=O)c2ccc3nc[nH]c3c2)N2CCCC2)cc1. The maximum absolute atomic E-state index is 12.7. The highest BCUT2D eigenvalue weighted by Gasteiger charge is 2.24. The smallest absolute Gasteiger partial charge is 0.251 e. The number of amides is 1. The van der Waals surface area contributed by atoms with Gasteiger partial charge < -0.3 is 15.0 Å². The van der Waals surface area contributed by atoms with E-state index in [4.69, 9.17) is 4.74 Å². The van der Waals surface area contributed by atoms with E-state index >= 15 is 0 Å². The molecule has 6 heteroatoms. The average Bonchev–Trinajstić information content (AvgIpc) is 3.40. The molecule has 1 atom stereocenters. The van der Waals surface area contributed by atoms with Crippen LogP contribution in [0.3, 0.4) is 0 Å². The first kappa shape index (κ1) is 17.5. The number of likely N-dealkylation sites (tertiary alicyclic amines) is 1. The molecule has 2 heterocycles. The summed E-state index contributed by atoms with van der Waals surface area (Å²) in [6, 6.07) is 13.8. The van der Waals surface area contributed by atoms with E-state index in [1.165, 1.54) is 18.4 Å². The van der Waals surface area contributed by atoms with Crippen LogP contribution in [0.5, 0.6) is 5.75 Å². The molecule has 1 amide bonds. The highest BCUT2D eigenvalue weighted by atomic mass is 16.5. The number of fused-ring (bicyclic) bond motifs is 1. The lowest BCUT2D eigenvalue weighted by Gasteiger charge is -2.28. The minimum absolute atomic E-state index is 0.0655. The van der Waals surface area contributed by atoms with Crippen LogP contribution in [0.4, 0.5) is 0 Å². The molecule has 27 heavy (non-hydrogen) atoms. The van der Waals surface area contributed by atoms with Crippen LogP contribution in [-0.4, -0.2) is 47.5 Å². The van der Waals surface area contributed by atoms with Gasteiger partial charge in [-0.25, -0.2) is 4.98 Å². The quantitative estimate of drug-likeness (QED) is 0.705. The molecule has 6 nitrogen and oxygen atoms in total. The number of methoxy groups -OCH3 is 1. The Morgan fingerprint density at radius 2 is 2.00 bits per heavy atom. The zero-order valence-electron chi connectivity index (χ0n) is 15.4. The minimum Gasteiger partial charge on any atom is -0.497 e. The maximum Gasteiger partial charge on any atom is 0.251 e. The van der Waals surface area contributed by atoms with Crippen LogP contribution < -0.4 is 10.1 Å². The number of carbonyl (C=O) groups excluding carboxylic acids is 1. The van der Waals surface area contributed by atoms with Crippen molar-refractivity contribution < 1.29 is 9.53 Å². The molecule has 0 aliphatic carbocycles. The summed E-state index contributed by atoms with van der Waals surface area (Å²) in [6.07, 6.45) is 4.05. The lowest BCUT2D eigenvalue weighted by atomic mass is 10.0. The second kappa shape index (κ2) is 7.80. The van der Waals surface area contributed by atoms with Crippen LogP contribution in [0.2, 0.25) is 0 Å². The first-order chi connectivity index (χ1) is 13.2. The summed E-state index contributed by atoms with van der Waals surface area (Å²) in [5, 5.41) is 3.11. The first-order valence-corrected chi connectivity index (χ1v) is 9.34. The van der Waals surface area contributed by atoms with Crippen molar-refractivity contribution in [3.63, 3.8) is 0 Å². The largest absolute Gasteiger partial charge is 0.497 e. The first-order valence-electron chi connectivity index (χ1n) is 9.34. The molecule has 1 fully saturated rings. The number of aromatic nitrogens is 2. The molecule has 3 aromatic rings. The van der Waals surface area contributed by atoms with Gasteiger partial charge in [0.15, 0.2) is 0 Å². The van der Waals surface area contributed by atoms with Gasteiger partial charge in [0.25, 0.3) is 5.91 Å². The molecule has 0 bridgehead atoms. The number of hydrogen-bond donors (Lipinski definition) is 2. The standard InChI is InChI=1S/C21H24N4O2/c1-27-17-7-4-15(5-8-17)20(25-10-2-3-11-25)13-22-21(26)16-6-9-18-19(12-16)24-14-23-18/h4-9,12,14,20H,2-3,10-11,13H2,1H3,(H,22,26)(H,23,24)/t20-/m1/s1. The lowest BCUT2D eigenvalue weighted by molar-refractivity contribution is 0.0938. The molecule has 1 aromatic heterocycles. The van der Waals surface area contributed by atoms with E-state index in [0.29, 0.717) is 12.1 Å². The van der Waals surface area contributed by atoms with Crippen molar-refractivity contribution in [3.8, 4) is 5.75 Å². The van der Waals surface area contributed by atoms with Gasteiger partial charge >= 0.3 is 0 Å². The predicted octanol–water partition coefficient (Wildman–Crippen LogP) is 3.14. The van der Waals surface area contributed by atoms with Crippen LogP contribution in [0.1, 0.15) is 34.8 Å². The second-order valence-corrected chi connectivity index (χ2v) is 6.88. The number of benzene rings is 2. The Hall–Kier alpha value is -2.86. The van der Waals surface area contributed by atoms with Gasteiger partial charge in [0.05, 0.1) is 30.5 Å². The number of carbonyl (C=O) groups is 1. The summed E-state index contributed by atoms with van der Waals surface area (Å²) in [5.41, 5.74) is 3.57. The van der Waals surface area contributed by atoms with E-state index in [1.54, 1.807) is 13.4 Å². The van der Waals surface area contributed by atoms with E-state index in [2.05, 4.69) is 32.3 Å². The van der Waals surface area contributed by atoms with Crippen molar-refractivity contribution in [3.05, 3.63) is 59.9 Å². The molecular weight excluding hydrogens is 340 g/mol. The Labute approximate surface area is 158 Å². The lowest BCUT2D eigenvalue weighted by Crippen LogP contribution is -2.36. The Morgan fingerprint density at radius 1 is 1.22 bits per heavy atom. The second-order valence-electron chi connectivity index (χ2n) is 6.88. The van der Waals surface area contributed by atoms with Crippen molar-refractivity contribution in [2.45, 2.75) is 18.9 Å².